The van der Waals surface area contributed by atoms with Gasteiger partial charge in [-0.3, -0.25) is 4.68 Å². The fourth-order valence-corrected chi connectivity index (χ4v) is 1.18. The molecule has 0 fully saturated rings. The van der Waals surface area contributed by atoms with E-state index >= 15 is 0 Å². The van der Waals surface area contributed by atoms with Crippen molar-refractivity contribution in [2.24, 2.45) is 12.8 Å². The smallest absolute Gasteiger partial charge is 0.182 e. The van der Waals surface area contributed by atoms with E-state index < -0.39 is 0 Å². The van der Waals surface area contributed by atoms with E-state index in [0.717, 1.165) is 11.4 Å². The SMILES string of the molecule is Cn1nc(-c2cc[nH]c2)nc1CN. The second-order valence-corrected chi connectivity index (χ2v) is 2.78. The van der Waals surface area contributed by atoms with Crippen LogP contribution in [0.25, 0.3) is 11.4 Å². The van der Waals surface area contributed by atoms with E-state index in [1.165, 1.54) is 0 Å². The number of aromatic amines is 1. The summed E-state index contributed by atoms with van der Waals surface area (Å²) < 4.78 is 1.70. The van der Waals surface area contributed by atoms with Gasteiger partial charge in [-0.15, -0.1) is 0 Å². The van der Waals surface area contributed by atoms with Crippen molar-refractivity contribution in [1.82, 2.24) is 19.7 Å². The minimum Gasteiger partial charge on any atom is -0.367 e. The quantitative estimate of drug-likeness (QED) is 0.691. The maximum atomic E-state index is 5.49. The molecule has 3 N–H and O–H groups in total. The zero-order chi connectivity index (χ0) is 9.26. The lowest BCUT2D eigenvalue weighted by atomic mass is 10.3. The number of hydrogen-bond donors (Lipinski definition) is 2. The molecule has 0 aromatic carbocycles. The van der Waals surface area contributed by atoms with E-state index in [0.29, 0.717) is 12.4 Å². The third kappa shape index (κ3) is 1.33. The first-order valence-electron chi connectivity index (χ1n) is 4.04. The largest absolute Gasteiger partial charge is 0.367 e. The third-order valence-electron chi connectivity index (χ3n) is 1.89. The number of nitrogens with two attached hydrogens (primary N) is 1. The summed E-state index contributed by atoms with van der Waals surface area (Å²) in [4.78, 5) is 7.23. The first-order valence-corrected chi connectivity index (χ1v) is 4.04. The van der Waals surface area contributed by atoms with Crippen molar-refractivity contribution < 1.29 is 0 Å². The first kappa shape index (κ1) is 8.00. The monoisotopic (exact) mass is 177 g/mol. The van der Waals surface area contributed by atoms with E-state index in [-0.39, 0.29) is 0 Å². The van der Waals surface area contributed by atoms with Crippen LogP contribution in [0.4, 0.5) is 0 Å². The lowest BCUT2D eigenvalue weighted by Gasteiger charge is -1.90. The van der Waals surface area contributed by atoms with Gasteiger partial charge in [-0.2, -0.15) is 5.10 Å². The van der Waals surface area contributed by atoms with E-state index in [1.54, 1.807) is 4.68 Å². The molecule has 13 heavy (non-hydrogen) atoms. The summed E-state index contributed by atoms with van der Waals surface area (Å²) in [5, 5.41) is 4.23. The molecule has 0 bridgehead atoms. The van der Waals surface area contributed by atoms with E-state index in [1.807, 2.05) is 25.5 Å². The summed E-state index contributed by atoms with van der Waals surface area (Å²) in [5.41, 5.74) is 6.47. The Kier molecular flexibility index (Phi) is 1.86. The Hall–Kier alpha value is -1.62. The van der Waals surface area contributed by atoms with Gasteiger partial charge in [0, 0.05) is 25.0 Å². The molecule has 2 rings (SSSR count). The summed E-state index contributed by atoms with van der Waals surface area (Å²) in [6.45, 7) is 0.411. The topological polar surface area (TPSA) is 72.5 Å². The second-order valence-electron chi connectivity index (χ2n) is 2.78. The molecule has 0 radical (unpaired) electrons. The van der Waals surface area contributed by atoms with Gasteiger partial charge < -0.3 is 10.7 Å². The molecule has 5 heteroatoms. The molecule has 0 saturated carbocycles. The normalized spacial score (nSPS) is 10.6. The Balaban J connectivity index is 2.43. The molecule has 2 aromatic rings. The molecule has 0 aliphatic carbocycles. The zero-order valence-corrected chi connectivity index (χ0v) is 7.36. The predicted octanol–water partition coefficient (Wildman–Crippen LogP) is 0.269. The zero-order valence-electron chi connectivity index (χ0n) is 7.36. The number of aromatic nitrogens is 4. The van der Waals surface area contributed by atoms with Crippen molar-refractivity contribution in [3.63, 3.8) is 0 Å². The molecule has 2 aromatic heterocycles. The van der Waals surface area contributed by atoms with Crippen LogP contribution in [-0.2, 0) is 13.6 Å². The third-order valence-corrected chi connectivity index (χ3v) is 1.89. The minimum absolute atomic E-state index is 0.411. The molecule has 0 atom stereocenters. The van der Waals surface area contributed by atoms with Gasteiger partial charge in [0.05, 0.1) is 6.54 Å². The molecule has 0 spiro atoms. The van der Waals surface area contributed by atoms with Crippen LogP contribution in [0.1, 0.15) is 5.82 Å². The Morgan fingerprint density at radius 3 is 3.00 bits per heavy atom. The minimum atomic E-state index is 0.411. The predicted molar refractivity (Wildman–Crippen MR) is 48.7 cm³/mol. The molecule has 0 saturated heterocycles. The highest BCUT2D eigenvalue weighted by Gasteiger charge is 2.07. The van der Waals surface area contributed by atoms with Gasteiger partial charge in [0.2, 0.25) is 0 Å². The number of nitrogens with zero attached hydrogens (tertiary/aromatic N) is 3. The van der Waals surface area contributed by atoms with Crippen LogP contribution in [-0.4, -0.2) is 19.7 Å². The number of aryl methyl sites for hydroxylation is 1. The highest BCUT2D eigenvalue weighted by Crippen LogP contribution is 2.13. The number of hydrogen-bond acceptors (Lipinski definition) is 3. The first-order chi connectivity index (χ1) is 6.31. The molecule has 0 aliphatic heterocycles. The van der Waals surface area contributed by atoms with Crippen LogP contribution in [0.5, 0.6) is 0 Å². The van der Waals surface area contributed by atoms with E-state index in [2.05, 4.69) is 15.1 Å². The molecule has 68 valence electrons. The van der Waals surface area contributed by atoms with Gasteiger partial charge in [0.25, 0.3) is 0 Å². The summed E-state index contributed by atoms with van der Waals surface area (Å²) in [6.07, 6.45) is 3.70. The van der Waals surface area contributed by atoms with Crippen molar-refractivity contribution in [2.45, 2.75) is 6.54 Å². The Bertz CT molecular complexity index is 387. The molecular formula is C8H11N5. The van der Waals surface area contributed by atoms with Crippen LogP contribution in [0.2, 0.25) is 0 Å². The van der Waals surface area contributed by atoms with Crippen molar-refractivity contribution in [3.05, 3.63) is 24.3 Å². The summed E-state index contributed by atoms with van der Waals surface area (Å²) in [7, 11) is 1.84. The Morgan fingerprint density at radius 2 is 2.46 bits per heavy atom. The van der Waals surface area contributed by atoms with E-state index in [9.17, 15) is 0 Å². The molecule has 0 aliphatic rings. The van der Waals surface area contributed by atoms with Crippen LogP contribution >= 0.6 is 0 Å². The van der Waals surface area contributed by atoms with Crippen molar-refractivity contribution in [1.29, 1.82) is 0 Å². The molecule has 0 unspecified atom stereocenters. The van der Waals surface area contributed by atoms with Gasteiger partial charge in [-0.05, 0) is 6.07 Å². The molecule has 0 amide bonds. The second kappa shape index (κ2) is 3.02. The summed E-state index contributed by atoms with van der Waals surface area (Å²) in [6, 6.07) is 1.93. The molecular weight excluding hydrogens is 166 g/mol. The van der Waals surface area contributed by atoms with Gasteiger partial charge in [-0.25, -0.2) is 4.98 Å². The van der Waals surface area contributed by atoms with Gasteiger partial charge in [-0.1, -0.05) is 0 Å². The van der Waals surface area contributed by atoms with Crippen LogP contribution in [0, 0.1) is 0 Å². The fraction of sp³-hybridized carbons (Fsp3) is 0.250. The standard InChI is InChI=1S/C8H11N5/c1-13-7(4-9)11-8(12-13)6-2-3-10-5-6/h2-3,5,10H,4,9H2,1H3. The number of H-pyrrole nitrogens is 1. The maximum absolute atomic E-state index is 5.49. The highest BCUT2D eigenvalue weighted by atomic mass is 15.3. The average molecular weight is 177 g/mol. The number of nitrogens with one attached hydrogen (secondary N) is 1. The lowest BCUT2D eigenvalue weighted by Crippen LogP contribution is -2.05. The van der Waals surface area contributed by atoms with Crippen molar-refractivity contribution >= 4 is 0 Å². The average Bonchev–Trinajstić information content (AvgIpc) is 2.71. The van der Waals surface area contributed by atoms with Crippen LogP contribution in [0.3, 0.4) is 0 Å². The Morgan fingerprint density at radius 1 is 1.62 bits per heavy atom. The van der Waals surface area contributed by atoms with Gasteiger partial charge in [0.1, 0.15) is 5.82 Å². The summed E-state index contributed by atoms with van der Waals surface area (Å²) >= 11 is 0. The molecule has 5 nitrogen and oxygen atoms in total. The van der Waals surface area contributed by atoms with Crippen molar-refractivity contribution in [3.8, 4) is 11.4 Å². The Labute approximate surface area is 75.6 Å². The lowest BCUT2D eigenvalue weighted by molar-refractivity contribution is 0.703. The van der Waals surface area contributed by atoms with Crippen LogP contribution in [0.15, 0.2) is 18.5 Å². The maximum Gasteiger partial charge on any atom is 0.182 e. The fourth-order valence-electron chi connectivity index (χ4n) is 1.18. The van der Waals surface area contributed by atoms with Gasteiger partial charge >= 0.3 is 0 Å². The van der Waals surface area contributed by atoms with Crippen LogP contribution < -0.4 is 5.73 Å². The van der Waals surface area contributed by atoms with Gasteiger partial charge in [0.15, 0.2) is 5.82 Å². The number of rotatable bonds is 2. The van der Waals surface area contributed by atoms with Crippen molar-refractivity contribution in [2.75, 3.05) is 0 Å². The highest BCUT2D eigenvalue weighted by molar-refractivity contribution is 5.52. The summed E-state index contributed by atoms with van der Waals surface area (Å²) in [5.74, 6) is 1.50. The molecule has 2 heterocycles. The van der Waals surface area contributed by atoms with E-state index in [4.69, 9.17) is 5.73 Å².